The molecule has 0 fully saturated rings. The summed E-state index contributed by atoms with van der Waals surface area (Å²) in [7, 11) is 1.70. The number of rotatable bonds is 5. The van der Waals surface area contributed by atoms with E-state index in [1.54, 1.807) is 7.05 Å². The molecule has 0 saturated heterocycles. The Labute approximate surface area is 96.0 Å². The van der Waals surface area contributed by atoms with Crippen molar-refractivity contribution in [2.75, 3.05) is 18.9 Å². The van der Waals surface area contributed by atoms with Crippen molar-refractivity contribution in [2.45, 2.75) is 19.1 Å². The van der Waals surface area contributed by atoms with Crippen molar-refractivity contribution in [3.8, 4) is 0 Å². The quantitative estimate of drug-likeness (QED) is 0.819. The van der Waals surface area contributed by atoms with Gasteiger partial charge in [-0.1, -0.05) is 0 Å². The highest BCUT2D eigenvalue weighted by atomic mass is 19.4. The predicted octanol–water partition coefficient (Wildman–Crippen LogP) is 0.993. The number of alkyl halides is 3. The van der Waals surface area contributed by atoms with E-state index in [9.17, 15) is 18.0 Å². The maximum atomic E-state index is 12.0. The number of amides is 1. The standard InChI is InChI=1S/C9H13F3N4O/c1-13-3-2-8(17)15-7-4-14-16(5-7)6-9(10,11)12/h4-5,13H,2-3,6H2,1H3,(H,15,17). The predicted molar refractivity (Wildman–Crippen MR) is 55.5 cm³/mol. The average molecular weight is 250 g/mol. The third-order valence-electron chi connectivity index (χ3n) is 1.86. The second kappa shape index (κ2) is 5.67. The molecule has 0 aliphatic heterocycles. The number of nitrogens with one attached hydrogen (secondary N) is 2. The van der Waals surface area contributed by atoms with Crippen LogP contribution in [0.3, 0.4) is 0 Å². The summed E-state index contributed by atoms with van der Waals surface area (Å²) in [4.78, 5) is 11.3. The summed E-state index contributed by atoms with van der Waals surface area (Å²) < 4.78 is 36.8. The molecule has 2 N–H and O–H groups in total. The summed E-state index contributed by atoms with van der Waals surface area (Å²) >= 11 is 0. The number of carbonyl (C=O) groups excluding carboxylic acids is 1. The van der Waals surface area contributed by atoms with E-state index >= 15 is 0 Å². The lowest BCUT2D eigenvalue weighted by Crippen LogP contribution is -2.19. The highest BCUT2D eigenvalue weighted by Gasteiger charge is 2.28. The molecular weight excluding hydrogens is 237 g/mol. The number of anilines is 1. The van der Waals surface area contributed by atoms with E-state index in [2.05, 4.69) is 15.7 Å². The molecule has 0 spiro atoms. The third-order valence-corrected chi connectivity index (χ3v) is 1.86. The van der Waals surface area contributed by atoms with Crippen LogP contribution in [0.4, 0.5) is 18.9 Å². The van der Waals surface area contributed by atoms with Crippen LogP contribution in [0, 0.1) is 0 Å². The molecule has 0 saturated carbocycles. The van der Waals surface area contributed by atoms with Crippen molar-refractivity contribution in [1.29, 1.82) is 0 Å². The van der Waals surface area contributed by atoms with Crippen molar-refractivity contribution in [3.63, 3.8) is 0 Å². The molecule has 96 valence electrons. The molecule has 0 aromatic carbocycles. The summed E-state index contributed by atoms with van der Waals surface area (Å²) in [6, 6.07) is 0. The van der Waals surface area contributed by atoms with Gasteiger partial charge < -0.3 is 10.6 Å². The van der Waals surface area contributed by atoms with Crippen LogP contribution in [0.1, 0.15) is 6.42 Å². The van der Waals surface area contributed by atoms with Gasteiger partial charge in [0.2, 0.25) is 5.91 Å². The van der Waals surface area contributed by atoms with Crippen LogP contribution in [0.15, 0.2) is 12.4 Å². The zero-order valence-corrected chi connectivity index (χ0v) is 9.21. The molecule has 0 aliphatic carbocycles. The Hall–Kier alpha value is -1.57. The second-order valence-corrected chi connectivity index (χ2v) is 3.44. The molecule has 0 bridgehead atoms. The van der Waals surface area contributed by atoms with Crippen molar-refractivity contribution in [3.05, 3.63) is 12.4 Å². The molecule has 0 radical (unpaired) electrons. The Morgan fingerprint density at radius 1 is 1.53 bits per heavy atom. The van der Waals surface area contributed by atoms with Crippen LogP contribution in [0.2, 0.25) is 0 Å². The van der Waals surface area contributed by atoms with E-state index < -0.39 is 12.7 Å². The van der Waals surface area contributed by atoms with Gasteiger partial charge in [0.1, 0.15) is 6.54 Å². The third kappa shape index (κ3) is 5.34. The zero-order valence-electron chi connectivity index (χ0n) is 9.21. The van der Waals surface area contributed by atoms with E-state index in [4.69, 9.17) is 0 Å². The SMILES string of the molecule is CNCCC(=O)Nc1cnn(CC(F)(F)F)c1. The van der Waals surface area contributed by atoms with E-state index in [1.165, 1.54) is 6.20 Å². The first-order valence-electron chi connectivity index (χ1n) is 4.94. The van der Waals surface area contributed by atoms with Gasteiger partial charge in [-0.05, 0) is 7.05 Å². The fourth-order valence-electron chi connectivity index (χ4n) is 1.16. The molecule has 0 unspecified atom stereocenters. The molecule has 1 amide bonds. The van der Waals surface area contributed by atoms with Crippen LogP contribution in [0.5, 0.6) is 0 Å². The zero-order chi connectivity index (χ0) is 12.9. The number of hydrogen-bond donors (Lipinski definition) is 2. The molecule has 0 aliphatic rings. The number of carbonyl (C=O) groups is 1. The minimum absolute atomic E-state index is 0.251. The van der Waals surface area contributed by atoms with Gasteiger partial charge in [0.05, 0.1) is 11.9 Å². The van der Waals surface area contributed by atoms with Gasteiger partial charge in [-0.15, -0.1) is 0 Å². The number of nitrogens with zero attached hydrogens (tertiary/aromatic N) is 2. The van der Waals surface area contributed by atoms with Crippen molar-refractivity contribution < 1.29 is 18.0 Å². The molecular formula is C9H13F3N4O. The lowest BCUT2D eigenvalue weighted by atomic mass is 10.4. The Kier molecular flexibility index (Phi) is 4.50. The molecule has 0 atom stereocenters. The lowest BCUT2D eigenvalue weighted by molar-refractivity contribution is -0.142. The molecule has 1 aromatic heterocycles. The first-order chi connectivity index (χ1) is 7.90. The van der Waals surface area contributed by atoms with Crippen LogP contribution >= 0.6 is 0 Å². The average Bonchev–Trinajstić information content (AvgIpc) is 2.59. The lowest BCUT2D eigenvalue weighted by Gasteiger charge is -2.05. The summed E-state index contributed by atoms with van der Waals surface area (Å²) in [6.07, 6.45) is -1.74. The monoisotopic (exact) mass is 250 g/mol. The van der Waals surface area contributed by atoms with Gasteiger partial charge in [-0.3, -0.25) is 9.48 Å². The highest BCUT2D eigenvalue weighted by molar-refractivity contribution is 5.90. The number of halogens is 3. The van der Waals surface area contributed by atoms with E-state index in [0.29, 0.717) is 6.54 Å². The van der Waals surface area contributed by atoms with Gasteiger partial charge in [0, 0.05) is 19.2 Å². The maximum absolute atomic E-state index is 12.0. The fourth-order valence-corrected chi connectivity index (χ4v) is 1.16. The topological polar surface area (TPSA) is 59.0 Å². The maximum Gasteiger partial charge on any atom is 0.408 e. The van der Waals surface area contributed by atoms with E-state index in [0.717, 1.165) is 10.9 Å². The molecule has 1 heterocycles. The Balaban J connectivity index is 2.48. The summed E-state index contributed by atoms with van der Waals surface area (Å²) in [5.74, 6) is -0.272. The van der Waals surface area contributed by atoms with Crippen LogP contribution < -0.4 is 10.6 Å². The summed E-state index contributed by atoms with van der Waals surface area (Å²) in [5.41, 5.74) is 0.260. The van der Waals surface area contributed by atoms with Crippen LogP contribution in [-0.4, -0.2) is 35.5 Å². The fraction of sp³-hybridized carbons (Fsp3) is 0.556. The van der Waals surface area contributed by atoms with Crippen LogP contribution in [0.25, 0.3) is 0 Å². The molecule has 17 heavy (non-hydrogen) atoms. The minimum Gasteiger partial charge on any atom is -0.323 e. The Morgan fingerprint density at radius 3 is 2.82 bits per heavy atom. The van der Waals surface area contributed by atoms with Gasteiger partial charge in [-0.2, -0.15) is 18.3 Å². The molecule has 1 aromatic rings. The second-order valence-electron chi connectivity index (χ2n) is 3.44. The smallest absolute Gasteiger partial charge is 0.323 e. The molecule has 1 rings (SSSR count). The van der Waals surface area contributed by atoms with Crippen molar-refractivity contribution >= 4 is 11.6 Å². The van der Waals surface area contributed by atoms with E-state index in [-0.39, 0.29) is 18.0 Å². The largest absolute Gasteiger partial charge is 0.408 e. The van der Waals surface area contributed by atoms with Gasteiger partial charge in [0.15, 0.2) is 0 Å². The van der Waals surface area contributed by atoms with Crippen molar-refractivity contribution in [1.82, 2.24) is 15.1 Å². The molecule has 5 nitrogen and oxygen atoms in total. The first kappa shape index (κ1) is 13.5. The Morgan fingerprint density at radius 2 is 2.24 bits per heavy atom. The summed E-state index contributed by atoms with van der Waals surface area (Å²) in [6.45, 7) is -0.665. The number of hydrogen-bond acceptors (Lipinski definition) is 3. The van der Waals surface area contributed by atoms with Crippen LogP contribution in [-0.2, 0) is 11.3 Å². The van der Waals surface area contributed by atoms with Gasteiger partial charge in [0.25, 0.3) is 0 Å². The number of aromatic nitrogens is 2. The van der Waals surface area contributed by atoms with Gasteiger partial charge >= 0.3 is 6.18 Å². The minimum atomic E-state index is -4.32. The molecule has 8 heteroatoms. The first-order valence-corrected chi connectivity index (χ1v) is 4.94. The normalized spacial score (nSPS) is 11.5. The van der Waals surface area contributed by atoms with E-state index in [1.807, 2.05) is 0 Å². The summed E-state index contributed by atoms with van der Waals surface area (Å²) in [5, 5.41) is 8.74. The Bertz CT molecular complexity index is 375. The van der Waals surface area contributed by atoms with Crippen molar-refractivity contribution in [2.24, 2.45) is 0 Å². The highest BCUT2D eigenvalue weighted by Crippen LogP contribution is 2.18. The van der Waals surface area contributed by atoms with Gasteiger partial charge in [-0.25, -0.2) is 0 Å².